The summed E-state index contributed by atoms with van der Waals surface area (Å²) in [4.78, 5) is 2.49. The van der Waals surface area contributed by atoms with Gasteiger partial charge in [-0.2, -0.15) is 0 Å². The first-order valence-corrected chi connectivity index (χ1v) is 6.13. The van der Waals surface area contributed by atoms with Gasteiger partial charge in [0.2, 0.25) is 0 Å². The molecule has 3 heteroatoms. The molecular formula is C12H27NO2. The SMILES string of the molecule is CCC(CC)N(CCCCO)CCOC. The molecule has 15 heavy (non-hydrogen) atoms. The molecule has 0 atom stereocenters. The molecule has 0 aromatic heterocycles. The van der Waals surface area contributed by atoms with Crippen LogP contribution in [0.5, 0.6) is 0 Å². The van der Waals surface area contributed by atoms with Crippen LogP contribution in [0.4, 0.5) is 0 Å². The van der Waals surface area contributed by atoms with Crippen LogP contribution in [0.25, 0.3) is 0 Å². The second-order valence-corrected chi connectivity index (χ2v) is 3.93. The van der Waals surface area contributed by atoms with E-state index in [2.05, 4.69) is 18.7 Å². The Morgan fingerprint density at radius 1 is 1.13 bits per heavy atom. The maximum absolute atomic E-state index is 8.77. The lowest BCUT2D eigenvalue weighted by Gasteiger charge is -2.30. The molecule has 0 heterocycles. The normalized spacial score (nSPS) is 11.6. The Labute approximate surface area is 94.4 Å². The second-order valence-electron chi connectivity index (χ2n) is 3.93. The first kappa shape index (κ1) is 14.9. The summed E-state index contributed by atoms with van der Waals surface area (Å²) >= 11 is 0. The first-order valence-electron chi connectivity index (χ1n) is 6.13. The van der Waals surface area contributed by atoms with E-state index >= 15 is 0 Å². The van der Waals surface area contributed by atoms with Crippen LogP contribution in [-0.2, 0) is 4.74 Å². The predicted molar refractivity (Wildman–Crippen MR) is 64.1 cm³/mol. The van der Waals surface area contributed by atoms with Gasteiger partial charge in [0, 0.05) is 26.3 Å². The van der Waals surface area contributed by atoms with E-state index in [1.165, 1.54) is 12.8 Å². The van der Waals surface area contributed by atoms with E-state index in [9.17, 15) is 0 Å². The van der Waals surface area contributed by atoms with Crippen LogP contribution in [0.15, 0.2) is 0 Å². The third kappa shape index (κ3) is 6.88. The number of ether oxygens (including phenoxy) is 1. The van der Waals surface area contributed by atoms with Gasteiger partial charge in [-0.15, -0.1) is 0 Å². The molecule has 3 nitrogen and oxygen atoms in total. The van der Waals surface area contributed by atoms with E-state index in [1.807, 2.05) is 0 Å². The van der Waals surface area contributed by atoms with Crippen LogP contribution < -0.4 is 0 Å². The zero-order valence-electron chi connectivity index (χ0n) is 10.5. The van der Waals surface area contributed by atoms with E-state index in [-0.39, 0.29) is 0 Å². The Morgan fingerprint density at radius 3 is 2.27 bits per heavy atom. The van der Waals surface area contributed by atoms with Gasteiger partial charge in [-0.05, 0) is 32.2 Å². The quantitative estimate of drug-likeness (QED) is 0.567. The van der Waals surface area contributed by atoms with Crippen molar-refractivity contribution >= 4 is 0 Å². The van der Waals surface area contributed by atoms with Gasteiger partial charge in [0.05, 0.1) is 6.61 Å². The molecule has 0 unspecified atom stereocenters. The zero-order valence-corrected chi connectivity index (χ0v) is 10.5. The Hall–Kier alpha value is -0.120. The van der Waals surface area contributed by atoms with Crippen molar-refractivity contribution in [3.8, 4) is 0 Å². The molecule has 0 fully saturated rings. The third-order valence-electron chi connectivity index (χ3n) is 2.89. The van der Waals surface area contributed by atoms with Gasteiger partial charge in [-0.3, -0.25) is 4.90 Å². The molecule has 0 aliphatic rings. The number of hydrogen-bond donors (Lipinski definition) is 1. The third-order valence-corrected chi connectivity index (χ3v) is 2.89. The molecule has 0 rings (SSSR count). The molecular weight excluding hydrogens is 190 g/mol. The largest absolute Gasteiger partial charge is 0.396 e. The molecule has 1 N–H and O–H groups in total. The van der Waals surface area contributed by atoms with E-state index in [0.717, 1.165) is 32.5 Å². The highest BCUT2D eigenvalue weighted by molar-refractivity contribution is 4.68. The van der Waals surface area contributed by atoms with Gasteiger partial charge in [-0.1, -0.05) is 13.8 Å². The van der Waals surface area contributed by atoms with Crippen molar-refractivity contribution in [3.05, 3.63) is 0 Å². The molecule has 0 saturated carbocycles. The summed E-state index contributed by atoms with van der Waals surface area (Å²) in [6.07, 6.45) is 4.37. The zero-order chi connectivity index (χ0) is 11.5. The average Bonchev–Trinajstić information content (AvgIpc) is 2.26. The number of rotatable bonds is 10. The summed E-state index contributed by atoms with van der Waals surface area (Å²) in [6.45, 7) is 7.67. The van der Waals surface area contributed by atoms with Gasteiger partial charge in [0.15, 0.2) is 0 Å². The Bertz CT molecular complexity index is 127. The number of methoxy groups -OCH3 is 1. The second kappa shape index (κ2) is 10.4. The van der Waals surface area contributed by atoms with Crippen molar-refractivity contribution in [3.63, 3.8) is 0 Å². The summed E-state index contributed by atoms with van der Waals surface area (Å²) < 4.78 is 5.13. The predicted octanol–water partition coefficient (Wildman–Crippen LogP) is 1.90. The number of aliphatic hydroxyl groups excluding tert-OH is 1. The van der Waals surface area contributed by atoms with Crippen LogP contribution in [-0.4, -0.2) is 49.5 Å². The molecule has 0 saturated heterocycles. The number of aliphatic hydroxyl groups is 1. The Balaban J connectivity index is 3.91. The summed E-state index contributed by atoms with van der Waals surface area (Å²) in [5, 5.41) is 8.77. The number of nitrogens with zero attached hydrogens (tertiary/aromatic N) is 1. The molecule has 0 bridgehead atoms. The van der Waals surface area contributed by atoms with Gasteiger partial charge in [0.25, 0.3) is 0 Å². The lowest BCUT2D eigenvalue weighted by Crippen LogP contribution is -2.37. The average molecular weight is 217 g/mol. The fourth-order valence-electron chi connectivity index (χ4n) is 1.92. The minimum atomic E-state index is 0.307. The lowest BCUT2D eigenvalue weighted by atomic mass is 10.1. The minimum Gasteiger partial charge on any atom is -0.396 e. The summed E-state index contributed by atoms with van der Waals surface area (Å²) in [7, 11) is 1.75. The van der Waals surface area contributed by atoms with Crippen molar-refractivity contribution in [2.24, 2.45) is 0 Å². The fourth-order valence-corrected chi connectivity index (χ4v) is 1.92. The highest BCUT2D eigenvalue weighted by Crippen LogP contribution is 2.09. The topological polar surface area (TPSA) is 32.7 Å². The summed E-state index contributed by atoms with van der Waals surface area (Å²) in [5.74, 6) is 0. The van der Waals surface area contributed by atoms with Crippen molar-refractivity contribution < 1.29 is 9.84 Å². The van der Waals surface area contributed by atoms with Crippen molar-refractivity contribution in [2.75, 3.05) is 33.4 Å². The monoisotopic (exact) mass is 217 g/mol. The smallest absolute Gasteiger partial charge is 0.0589 e. The molecule has 0 aliphatic carbocycles. The Kier molecular flexibility index (Phi) is 10.3. The molecule has 92 valence electrons. The maximum atomic E-state index is 8.77. The van der Waals surface area contributed by atoms with Crippen LogP contribution in [0.3, 0.4) is 0 Å². The molecule has 0 spiro atoms. The number of unbranched alkanes of at least 4 members (excludes halogenated alkanes) is 1. The summed E-state index contributed by atoms with van der Waals surface area (Å²) in [6, 6.07) is 0.666. The van der Waals surface area contributed by atoms with Crippen LogP contribution in [0.2, 0.25) is 0 Å². The minimum absolute atomic E-state index is 0.307. The molecule has 0 aromatic rings. The number of hydrogen-bond acceptors (Lipinski definition) is 3. The first-order chi connectivity index (χ1) is 7.29. The van der Waals surface area contributed by atoms with E-state index < -0.39 is 0 Å². The summed E-state index contributed by atoms with van der Waals surface area (Å²) in [5.41, 5.74) is 0. The van der Waals surface area contributed by atoms with Crippen molar-refractivity contribution in [1.82, 2.24) is 4.90 Å². The van der Waals surface area contributed by atoms with Crippen molar-refractivity contribution in [1.29, 1.82) is 0 Å². The van der Waals surface area contributed by atoms with E-state index in [1.54, 1.807) is 7.11 Å². The van der Waals surface area contributed by atoms with Gasteiger partial charge < -0.3 is 9.84 Å². The maximum Gasteiger partial charge on any atom is 0.0589 e. The molecule has 0 aliphatic heterocycles. The highest BCUT2D eigenvalue weighted by Gasteiger charge is 2.13. The lowest BCUT2D eigenvalue weighted by molar-refractivity contribution is 0.112. The van der Waals surface area contributed by atoms with Crippen LogP contribution in [0.1, 0.15) is 39.5 Å². The molecule has 0 aromatic carbocycles. The molecule has 0 amide bonds. The van der Waals surface area contributed by atoms with E-state index in [4.69, 9.17) is 9.84 Å². The van der Waals surface area contributed by atoms with Gasteiger partial charge >= 0.3 is 0 Å². The van der Waals surface area contributed by atoms with Gasteiger partial charge in [0.1, 0.15) is 0 Å². The van der Waals surface area contributed by atoms with Crippen molar-refractivity contribution in [2.45, 2.75) is 45.6 Å². The van der Waals surface area contributed by atoms with Gasteiger partial charge in [-0.25, -0.2) is 0 Å². The van der Waals surface area contributed by atoms with Crippen LogP contribution in [0, 0.1) is 0 Å². The van der Waals surface area contributed by atoms with E-state index in [0.29, 0.717) is 12.6 Å². The fraction of sp³-hybridized carbons (Fsp3) is 1.00. The Morgan fingerprint density at radius 2 is 1.80 bits per heavy atom. The van der Waals surface area contributed by atoms with Crippen LogP contribution >= 0.6 is 0 Å². The standard InChI is InChI=1S/C12H27NO2/c1-4-12(5-2)13(9-11-15-3)8-6-7-10-14/h12,14H,4-11H2,1-3H3. The molecule has 0 radical (unpaired) electrons. The highest BCUT2D eigenvalue weighted by atomic mass is 16.5.